The first kappa shape index (κ1) is 8.73. The Kier molecular flexibility index (Phi) is 2.62. The number of hydrogen-bond donors (Lipinski definition) is 0. The Hall–Kier alpha value is -0.860. The summed E-state index contributed by atoms with van der Waals surface area (Å²) in [6.07, 6.45) is 0. The number of hydrogen-bond acceptors (Lipinski definition) is 2. The standard InChI is InChI=1S/C11H15NO/c1-12-7-8-13-9-11(12)10-5-3-2-4-6-10/h2-6,11H,7-9H2,1H3/t11-/m1/s1. The van der Waals surface area contributed by atoms with E-state index >= 15 is 0 Å². The van der Waals surface area contributed by atoms with E-state index < -0.39 is 0 Å². The van der Waals surface area contributed by atoms with Crippen molar-refractivity contribution in [1.82, 2.24) is 4.90 Å². The summed E-state index contributed by atoms with van der Waals surface area (Å²) in [5.74, 6) is 0. The lowest BCUT2D eigenvalue weighted by atomic mass is 10.1. The third-order valence-corrected chi connectivity index (χ3v) is 2.58. The zero-order chi connectivity index (χ0) is 9.10. The van der Waals surface area contributed by atoms with Crippen molar-refractivity contribution in [3.8, 4) is 0 Å². The molecule has 0 aliphatic carbocycles. The van der Waals surface area contributed by atoms with E-state index in [1.165, 1.54) is 5.56 Å². The maximum absolute atomic E-state index is 5.47. The molecule has 1 atom stereocenters. The third kappa shape index (κ3) is 1.90. The smallest absolute Gasteiger partial charge is 0.0664 e. The van der Waals surface area contributed by atoms with Crippen molar-refractivity contribution in [3.63, 3.8) is 0 Å². The van der Waals surface area contributed by atoms with Gasteiger partial charge in [-0.3, -0.25) is 4.90 Å². The van der Waals surface area contributed by atoms with Gasteiger partial charge in [0.15, 0.2) is 0 Å². The summed E-state index contributed by atoms with van der Waals surface area (Å²) in [5, 5.41) is 0. The second-order valence-corrected chi connectivity index (χ2v) is 3.48. The summed E-state index contributed by atoms with van der Waals surface area (Å²) in [7, 11) is 2.15. The Morgan fingerprint density at radius 1 is 1.31 bits per heavy atom. The normalized spacial score (nSPS) is 24.5. The van der Waals surface area contributed by atoms with E-state index in [1.54, 1.807) is 0 Å². The number of benzene rings is 1. The molecule has 2 rings (SSSR count). The van der Waals surface area contributed by atoms with Crippen molar-refractivity contribution >= 4 is 0 Å². The molecule has 2 nitrogen and oxygen atoms in total. The Balaban J connectivity index is 2.15. The molecular formula is C11H15NO. The van der Waals surface area contributed by atoms with Crippen LogP contribution in [-0.4, -0.2) is 31.7 Å². The fraction of sp³-hybridized carbons (Fsp3) is 0.455. The summed E-state index contributed by atoms with van der Waals surface area (Å²) in [5.41, 5.74) is 1.35. The molecule has 1 heterocycles. The van der Waals surface area contributed by atoms with Crippen LogP contribution in [0.4, 0.5) is 0 Å². The van der Waals surface area contributed by atoms with Gasteiger partial charge < -0.3 is 4.74 Å². The van der Waals surface area contributed by atoms with Crippen LogP contribution in [0, 0.1) is 0 Å². The van der Waals surface area contributed by atoms with Crippen LogP contribution < -0.4 is 0 Å². The molecule has 1 aliphatic rings. The van der Waals surface area contributed by atoms with Gasteiger partial charge in [-0.05, 0) is 12.6 Å². The summed E-state index contributed by atoms with van der Waals surface area (Å²) >= 11 is 0. The van der Waals surface area contributed by atoms with Crippen LogP contribution >= 0.6 is 0 Å². The Bertz CT molecular complexity index is 260. The first-order valence-corrected chi connectivity index (χ1v) is 4.71. The summed E-state index contributed by atoms with van der Waals surface area (Å²) in [4.78, 5) is 2.35. The van der Waals surface area contributed by atoms with E-state index in [9.17, 15) is 0 Å². The van der Waals surface area contributed by atoms with Crippen LogP contribution in [0.2, 0.25) is 0 Å². The fourth-order valence-corrected chi connectivity index (χ4v) is 1.71. The molecule has 0 radical (unpaired) electrons. The number of morpholine rings is 1. The molecule has 1 aliphatic heterocycles. The minimum Gasteiger partial charge on any atom is -0.378 e. The second kappa shape index (κ2) is 3.90. The highest BCUT2D eigenvalue weighted by molar-refractivity contribution is 5.19. The first-order valence-electron chi connectivity index (χ1n) is 4.71. The average molecular weight is 177 g/mol. The molecular weight excluding hydrogens is 162 g/mol. The van der Waals surface area contributed by atoms with Crippen molar-refractivity contribution in [1.29, 1.82) is 0 Å². The topological polar surface area (TPSA) is 12.5 Å². The second-order valence-electron chi connectivity index (χ2n) is 3.48. The van der Waals surface area contributed by atoms with Crippen LogP contribution in [0.1, 0.15) is 11.6 Å². The van der Waals surface area contributed by atoms with E-state index in [0.717, 1.165) is 19.8 Å². The molecule has 0 spiro atoms. The largest absolute Gasteiger partial charge is 0.378 e. The molecule has 1 fully saturated rings. The predicted octanol–water partition coefficient (Wildman–Crippen LogP) is 1.69. The molecule has 0 N–H and O–H groups in total. The molecule has 0 aromatic heterocycles. The Labute approximate surface area is 79.1 Å². The van der Waals surface area contributed by atoms with Crippen molar-refractivity contribution in [2.45, 2.75) is 6.04 Å². The minimum absolute atomic E-state index is 0.440. The molecule has 2 heteroatoms. The van der Waals surface area contributed by atoms with Crippen LogP contribution in [0.25, 0.3) is 0 Å². The third-order valence-electron chi connectivity index (χ3n) is 2.58. The van der Waals surface area contributed by atoms with E-state index in [0.29, 0.717) is 6.04 Å². The van der Waals surface area contributed by atoms with Crippen molar-refractivity contribution in [3.05, 3.63) is 35.9 Å². The molecule has 1 aromatic rings. The monoisotopic (exact) mass is 177 g/mol. The quantitative estimate of drug-likeness (QED) is 0.647. The maximum Gasteiger partial charge on any atom is 0.0664 e. The molecule has 1 aromatic carbocycles. The lowest BCUT2D eigenvalue weighted by Crippen LogP contribution is -2.36. The highest BCUT2D eigenvalue weighted by Crippen LogP contribution is 2.21. The number of rotatable bonds is 1. The summed E-state index contributed by atoms with van der Waals surface area (Å²) in [6, 6.07) is 11.0. The zero-order valence-electron chi connectivity index (χ0n) is 7.94. The highest BCUT2D eigenvalue weighted by Gasteiger charge is 2.20. The zero-order valence-corrected chi connectivity index (χ0v) is 7.94. The van der Waals surface area contributed by atoms with E-state index in [-0.39, 0.29) is 0 Å². The van der Waals surface area contributed by atoms with Gasteiger partial charge in [-0.1, -0.05) is 30.3 Å². The van der Waals surface area contributed by atoms with E-state index in [1.807, 2.05) is 6.07 Å². The Morgan fingerprint density at radius 3 is 2.77 bits per heavy atom. The lowest BCUT2D eigenvalue weighted by molar-refractivity contribution is 0.00506. The van der Waals surface area contributed by atoms with E-state index in [2.05, 4.69) is 36.2 Å². The van der Waals surface area contributed by atoms with Gasteiger partial charge in [0.1, 0.15) is 0 Å². The predicted molar refractivity (Wildman–Crippen MR) is 52.6 cm³/mol. The van der Waals surface area contributed by atoms with Crippen LogP contribution in [0.15, 0.2) is 30.3 Å². The molecule has 70 valence electrons. The fourth-order valence-electron chi connectivity index (χ4n) is 1.71. The molecule has 1 saturated heterocycles. The highest BCUT2D eigenvalue weighted by atomic mass is 16.5. The molecule has 0 amide bonds. The SMILES string of the molecule is CN1CCOC[C@@H]1c1ccccc1. The number of nitrogens with zero attached hydrogens (tertiary/aromatic N) is 1. The lowest BCUT2D eigenvalue weighted by Gasteiger charge is -2.32. The van der Waals surface area contributed by atoms with Gasteiger partial charge in [0.2, 0.25) is 0 Å². The summed E-state index contributed by atoms with van der Waals surface area (Å²) < 4.78 is 5.47. The van der Waals surface area contributed by atoms with Gasteiger partial charge >= 0.3 is 0 Å². The van der Waals surface area contributed by atoms with Gasteiger partial charge in [0.05, 0.1) is 19.3 Å². The van der Waals surface area contributed by atoms with Crippen molar-refractivity contribution in [2.24, 2.45) is 0 Å². The first-order chi connectivity index (χ1) is 6.38. The van der Waals surface area contributed by atoms with Gasteiger partial charge in [-0.15, -0.1) is 0 Å². The van der Waals surface area contributed by atoms with Crippen molar-refractivity contribution in [2.75, 3.05) is 26.8 Å². The van der Waals surface area contributed by atoms with Gasteiger partial charge in [-0.25, -0.2) is 0 Å². The molecule has 0 unspecified atom stereocenters. The number of likely N-dealkylation sites (N-methyl/N-ethyl adjacent to an activating group) is 1. The minimum atomic E-state index is 0.440. The van der Waals surface area contributed by atoms with Crippen LogP contribution in [0.3, 0.4) is 0 Å². The van der Waals surface area contributed by atoms with Crippen molar-refractivity contribution < 1.29 is 4.74 Å². The molecule has 0 saturated carbocycles. The van der Waals surface area contributed by atoms with Gasteiger partial charge in [-0.2, -0.15) is 0 Å². The average Bonchev–Trinajstić information content (AvgIpc) is 2.20. The van der Waals surface area contributed by atoms with E-state index in [4.69, 9.17) is 4.74 Å². The summed E-state index contributed by atoms with van der Waals surface area (Å²) in [6.45, 7) is 2.71. The molecule has 0 bridgehead atoms. The Morgan fingerprint density at radius 2 is 2.08 bits per heavy atom. The van der Waals surface area contributed by atoms with Crippen LogP contribution in [0.5, 0.6) is 0 Å². The molecule has 13 heavy (non-hydrogen) atoms. The maximum atomic E-state index is 5.47. The van der Waals surface area contributed by atoms with Gasteiger partial charge in [0, 0.05) is 6.54 Å². The van der Waals surface area contributed by atoms with Crippen LogP contribution in [-0.2, 0) is 4.74 Å². The van der Waals surface area contributed by atoms with Gasteiger partial charge in [0.25, 0.3) is 0 Å². The number of ether oxygens (including phenoxy) is 1.